The van der Waals surface area contributed by atoms with Gasteiger partial charge in [0.05, 0.1) is 25.4 Å². The van der Waals surface area contributed by atoms with E-state index in [1.807, 2.05) is 6.92 Å². The van der Waals surface area contributed by atoms with Gasteiger partial charge in [-0.1, -0.05) is 60.1 Å². The van der Waals surface area contributed by atoms with Crippen molar-refractivity contribution in [1.82, 2.24) is 0 Å². The average molecular weight is 797 g/mol. The number of rotatable bonds is 7. The molecule has 5 aliphatic carbocycles. The number of carboxylic acids is 1. The summed E-state index contributed by atoms with van der Waals surface area (Å²) in [6, 6.07) is 0. The van der Waals surface area contributed by atoms with Crippen LogP contribution in [0.3, 0.4) is 0 Å². The second kappa shape index (κ2) is 14.4. The van der Waals surface area contributed by atoms with Gasteiger partial charge in [-0.3, -0.25) is 0 Å². The Morgan fingerprint density at radius 1 is 0.750 bits per heavy atom. The molecular weight excluding hydrogens is 728 g/mol. The predicted octanol–water partition coefficient (Wildman–Crippen LogP) is 1.85. The number of fused-ring (bicyclic) bond motifs is 7. The third-order valence-corrected chi connectivity index (χ3v) is 17.4. The van der Waals surface area contributed by atoms with Gasteiger partial charge in [-0.2, -0.15) is 0 Å². The lowest BCUT2D eigenvalue weighted by molar-refractivity contribution is -0.375. The number of hydrogen-bond donors (Lipinski definition) is 9. The second-order valence-corrected chi connectivity index (χ2v) is 20.8. The highest BCUT2D eigenvalue weighted by Crippen LogP contribution is 2.76. The molecule has 2 heterocycles. The van der Waals surface area contributed by atoms with Crippen LogP contribution in [-0.4, -0.2) is 139 Å². The Labute approximate surface area is 330 Å². The fraction of sp³-hybridized carbons (Fsp3) is 0.929. The third-order valence-electron chi connectivity index (χ3n) is 17.4. The van der Waals surface area contributed by atoms with Crippen molar-refractivity contribution in [2.75, 3.05) is 13.2 Å². The molecule has 0 amide bonds. The summed E-state index contributed by atoms with van der Waals surface area (Å²) in [5, 5.41) is 96.0. The van der Waals surface area contributed by atoms with E-state index in [-0.39, 0.29) is 45.7 Å². The smallest absolute Gasteiger partial charge is 0.335 e. The molecule has 7 rings (SSSR count). The fourth-order valence-electron chi connectivity index (χ4n) is 13.7. The molecule has 9 N–H and O–H groups in total. The van der Waals surface area contributed by atoms with E-state index in [1.54, 1.807) is 0 Å². The number of carbonyl (C=O) groups is 1. The van der Waals surface area contributed by atoms with Gasteiger partial charge in [0.15, 0.2) is 18.7 Å². The number of aliphatic carboxylic acids is 1. The van der Waals surface area contributed by atoms with Crippen molar-refractivity contribution in [2.45, 2.75) is 180 Å². The Morgan fingerprint density at radius 2 is 1.45 bits per heavy atom. The zero-order valence-electron chi connectivity index (χ0n) is 34.1. The van der Waals surface area contributed by atoms with Crippen molar-refractivity contribution in [3.63, 3.8) is 0 Å². The molecule has 0 aromatic heterocycles. The van der Waals surface area contributed by atoms with Crippen molar-refractivity contribution < 1.29 is 69.7 Å². The van der Waals surface area contributed by atoms with Crippen LogP contribution in [0.4, 0.5) is 0 Å². The van der Waals surface area contributed by atoms with E-state index in [0.29, 0.717) is 18.3 Å². The molecule has 0 aromatic rings. The van der Waals surface area contributed by atoms with Gasteiger partial charge in [-0.25, -0.2) is 4.79 Å². The van der Waals surface area contributed by atoms with Crippen LogP contribution in [0.15, 0.2) is 11.6 Å². The highest BCUT2D eigenvalue weighted by atomic mass is 16.8. The SMILES string of the molecule is CC1(C)CC2C3=CCC4[C@@]5(C)CC[C@H](OC6O[C@H](C(=O)O)[C@@H](O)[C@H](O)[C@H]6OC6O[C@H](CO)[C@H](O)[C@H](O)[C@H]6O)[C@](C)(CO)C5CC[C@@]4(C)[C@]3(C)CC[C@@]2(C)[C@H](O)C1. The molecule has 0 spiro atoms. The first-order valence-electron chi connectivity index (χ1n) is 20.9. The summed E-state index contributed by atoms with van der Waals surface area (Å²) in [5.74, 6) is -0.954. The molecule has 2 saturated heterocycles. The standard InChI is InChI=1S/C42H68O14/c1-37(2)16-21-20-8-9-24-39(4)12-11-26(40(5,19-44)23(39)10-13-42(24,7)41(20,6)15-14-38(21,3)25(45)17-37)54-36-33(30(49)29(48)32(55-36)34(51)52)56-35-31(50)28(47)27(46)22(18-43)53-35/h8,21-33,35-36,43-50H,9-19H2,1-7H3,(H,51,52)/t21?,22-,23?,24?,25-,26+,27+,28+,29+,30+,31-,32+,33-,35?,36?,38-,39+,40-,41-,42-/m1/s1. The highest BCUT2D eigenvalue weighted by molar-refractivity contribution is 5.73. The largest absolute Gasteiger partial charge is 0.479 e. The first-order chi connectivity index (χ1) is 26.0. The van der Waals surface area contributed by atoms with Crippen molar-refractivity contribution >= 4 is 5.97 Å². The molecule has 0 radical (unpaired) electrons. The molecule has 0 aromatic carbocycles. The Morgan fingerprint density at radius 3 is 2.09 bits per heavy atom. The highest BCUT2D eigenvalue weighted by Gasteiger charge is 2.69. The Balaban J connectivity index is 1.17. The van der Waals surface area contributed by atoms with Crippen LogP contribution in [0, 0.1) is 50.2 Å². The molecule has 320 valence electrons. The molecule has 14 heteroatoms. The summed E-state index contributed by atoms with van der Waals surface area (Å²) >= 11 is 0. The molecular formula is C42H68O14. The minimum atomic E-state index is -1.97. The molecule has 0 bridgehead atoms. The number of ether oxygens (including phenoxy) is 4. The second-order valence-electron chi connectivity index (χ2n) is 20.8. The minimum absolute atomic E-state index is 0.0149. The molecule has 4 saturated carbocycles. The quantitative estimate of drug-likeness (QED) is 0.132. The van der Waals surface area contributed by atoms with Crippen molar-refractivity contribution in [2.24, 2.45) is 50.2 Å². The van der Waals surface area contributed by atoms with Crippen LogP contribution in [0.2, 0.25) is 0 Å². The first kappa shape index (κ1) is 42.8. The summed E-state index contributed by atoms with van der Waals surface area (Å²) in [6.07, 6.45) is -8.23. The van der Waals surface area contributed by atoms with E-state index in [4.69, 9.17) is 18.9 Å². The Bertz CT molecular complexity index is 1520. The van der Waals surface area contributed by atoms with Crippen LogP contribution < -0.4 is 0 Å². The van der Waals surface area contributed by atoms with E-state index in [1.165, 1.54) is 5.57 Å². The molecule has 56 heavy (non-hydrogen) atoms. The molecule has 2 aliphatic heterocycles. The van der Waals surface area contributed by atoms with Crippen LogP contribution in [0.1, 0.15) is 106 Å². The van der Waals surface area contributed by atoms with E-state index in [0.717, 1.165) is 51.4 Å². The van der Waals surface area contributed by atoms with Crippen molar-refractivity contribution in [3.05, 3.63) is 11.6 Å². The van der Waals surface area contributed by atoms with Crippen LogP contribution in [0.5, 0.6) is 0 Å². The lowest BCUT2D eigenvalue weighted by Gasteiger charge is -2.72. The van der Waals surface area contributed by atoms with E-state index < -0.39 is 85.5 Å². The number of carboxylic acid groups (broad SMARTS) is 1. The fourth-order valence-corrected chi connectivity index (χ4v) is 13.7. The topological polar surface area (TPSA) is 236 Å². The van der Waals surface area contributed by atoms with E-state index in [2.05, 4.69) is 47.6 Å². The van der Waals surface area contributed by atoms with E-state index >= 15 is 0 Å². The lowest BCUT2D eigenvalue weighted by atomic mass is 9.33. The summed E-state index contributed by atoms with van der Waals surface area (Å²) in [6.45, 7) is 15.2. The number of aliphatic hydroxyl groups is 8. The molecule has 5 unspecified atom stereocenters. The lowest BCUT2D eigenvalue weighted by Crippen LogP contribution is -2.68. The maximum atomic E-state index is 12.2. The first-order valence-corrected chi connectivity index (χ1v) is 20.9. The number of hydrogen-bond acceptors (Lipinski definition) is 13. The van der Waals surface area contributed by atoms with Gasteiger partial charge in [0.25, 0.3) is 0 Å². The van der Waals surface area contributed by atoms with Gasteiger partial charge in [0, 0.05) is 10.8 Å². The normalized spacial score (nSPS) is 55.5. The predicted molar refractivity (Wildman–Crippen MR) is 199 cm³/mol. The van der Waals surface area contributed by atoms with Gasteiger partial charge in [0.1, 0.15) is 42.7 Å². The van der Waals surface area contributed by atoms with Crippen LogP contribution in [0.25, 0.3) is 0 Å². The van der Waals surface area contributed by atoms with Crippen LogP contribution in [-0.2, 0) is 23.7 Å². The molecule has 7 aliphatic rings. The molecule has 20 atom stereocenters. The Kier molecular flexibility index (Phi) is 11.0. The zero-order chi connectivity index (χ0) is 41.1. The maximum Gasteiger partial charge on any atom is 0.335 e. The summed E-state index contributed by atoms with van der Waals surface area (Å²) in [7, 11) is 0. The third kappa shape index (κ3) is 6.21. The van der Waals surface area contributed by atoms with Crippen molar-refractivity contribution in [3.8, 4) is 0 Å². The summed E-state index contributed by atoms with van der Waals surface area (Å²) in [4.78, 5) is 12.2. The maximum absolute atomic E-state index is 12.2. The summed E-state index contributed by atoms with van der Waals surface area (Å²) < 4.78 is 23.8. The van der Waals surface area contributed by atoms with Gasteiger partial charge in [-0.05, 0) is 97.2 Å². The number of aliphatic hydroxyl groups excluding tert-OH is 8. The molecule has 6 fully saturated rings. The minimum Gasteiger partial charge on any atom is -0.479 e. The van der Waals surface area contributed by atoms with Gasteiger partial charge in [-0.15, -0.1) is 0 Å². The van der Waals surface area contributed by atoms with Crippen molar-refractivity contribution in [1.29, 1.82) is 0 Å². The zero-order valence-corrected chi connectivity index (χ0v) is 34.1. The van der Waals surface area contributed by atoms with Gasteiger partial charge in [0.2, 0.25) is 0 Å². The van der Waals surface area contributed by atoms with Gasteiger partial charge >= 0.3 is 5.97 Å². The monoisotopic (exact) mass is 796 g/mol. The number of allylic oxidation sites excluding steroid dienone is 2. The molecule has 14 nitrogen and oxygen atoms in total. The van der Waals surface area contributed by atoms with Crippen LogP contribution >= 0.6 is 0 Å². The Hall–Kier alpha value is -1.27. The summed E-state index contributed by atoms with van der Waals surface area (Å²) in [5.41, 5.74) is 0.271. The average Bonchev–Trinajstić information content (AvgIpc) is 3.13. The van der Waals surface area contributed by atoms with E-state index in [9.17, 15) is 50.8 Å². The van der Waals surface area contributed by atoms with Gasteiger partial charge < -0.3 is 64.9 Å².